The summed E-state index contributed by atoms with van der Waals surface area (Å²) in [6.45, 7) is 20.0. The summed E-state index contributed by atoms with van der Waals surface area (Å²) in [5.41, 5.74) is 15.8. The Balaban J connectivity index is 0. The van der Waals surface area contributed by atoms with Crippen molar-refractivity contribution in [3.05, 3.63) is 29.8 Å². The van der Waals surface area contributed by atoms with Gasteiger partial charge in [-0.3, -0.25) is 29.0 Å². The highest BCUT2D eigenvalue weighted by molar-refractivity contribution is 5.95. The average molecular weight is 1010 g/mol. The quantitative estimate of drug-likeness (QED) is 0.0216. The van der Waals surface area contributed by atoms with E-state index in [1.54, 1.807) is 79.7 Å². The van der Waals surface area contributed by atoms with Crippen molar-refractivity contribution >= 4 is 72.4 Å². The lowest BCUT2D eigenvalue weighted by molar-refractivity contribution is -0.155. The Morgan fingerprint density at radius 3 is 1.69 bits per heavy atom. The number of esters is 2. The predicted octanol–water partition coefficient (Wildman–Crippen LogP) is 3.61. The molecule has 390 valence electrons. The molecule has 0 radical (unpaired) electrons. The van der Waals surface area contributed by atoms with E-state index in [1.807, 2.05) is 20.8 Å². The van der Waals surface area contributed by atoms with Crippen LogP contribution in [-0.4, -0.2) is 115 Å². The first kappa shape index (κ1) is 65.0. The number of guanidine groups is 1. The number of amides is 5. The number of unbranched alkanes of at least 4 members (excludes halogenated alkanes) is 1. The summed E-state index contributed by atoms with van der Waals surface area (Å²) in [6, 6.07) is 1.22. The number of aliphatic imine (C=N–C) groups is 1. The second kappa shape index (κ2) is 31.1. The first-order valence-electron chi connectivity index (χ1n) is 22.6. The highest BCUT2D eigenvalue weighted by Crippen LogP contribution is 2.20. The van der Waals surface area contributed by atoms with Crippen LogP contribution in [0.3, 0.4) is 0 Å². The molecule has 5 amide bonds. The predicted molar refractivity (Wildman–Crippen MR) is 265 cm³/mol. The number of benzene rings is 1. The maximum Gasteiger partial charge on any atom is 0.407 e. The van der Waals surface area contributed by atoms with Crippen LogP contribution < -0.4 is 48.5 Å². The van der Waals surface area contributed by atoms with Gasteiger partial charge >= 0.3 is 18.0 Å². The molecule has 0 spiro atoms. The van der Waals surface area contributed by atoms with Crippen LogP contribution in [0.1, 0.15) is 133 Å². The molecule has 0 aromatic heterocycles. The van der Waals surface area contributed by atoms with E-state index in [1.165, 1.54) is 7.11 Å². The fourth-order valence-corrected chi connectivity index (χ4v) is 6.23. The molecule has 0 fully saturated rings. The number of hydrogen-bond donors (Lipinski definition) is 8. The maximum absolute atomic E-state index is 14.2. The highest BCUT2D eigenvalue weighted by Gasteiger charge is 2.34. The molecule has 5 atom stereocenters. The van der Waals surface area contributed by atoms with E-state index in [9.17, 15) is 33.6 Å². The minimum absolute atomic E-state index is 0. The lowest BCUT2D eigenvalue weighted by Gasteiger charge is -2.28. The summed E-state index contributed by atoms with van der Waals surface area (Å²) >= 11 is 0. The van der Waals surface area contributed by atoms with Crippen molar-refractivity contribution in [2.24, 2.45) is 28.1 Å². The molecule has 0 aliphatic carbocycles. The zero-order valence-electron chi connectivity index (χ0n) is 42.0. The molecule has 22 heteroatoms. The molecule has 0 heterocycles. The van der Waals surface area contributed by atoms with Gasteiger partial charge in [0.25, 0.3) is 0 Å². The number of methoxy groups -OCH3 is 1. The number of carbonyl (C=O) groups excluding carboxylic acids is 7. The van der Waals surface area contributed by atoms with Crippen LogP contribution in [-0.2, 0) is 49.4 Å². The summed E-state index contributed by atoms with van der Waals surface area (Å²) < 4.78 is 21.6. The van der Waals surface area contributed by atoms with Gasteiger partial charge in [-0.05, 0) is 131 Å². The molecule has 0 unspecified atom stereocenters. The van der Waals surface area contributed by atoms with Gasteiger partial charge in [-0.1, -0.05) is 26.0 Å². The van der Waals surface area contributed by atoms with Gasteiger partial charge in [-0.2, -0.15) is 0 Å². The van der Waals surface area contributed by atoms with Gasteiger partial charge in [0.15, 0.2) is 5.96 Å². The van der Waals surface area contributed by atoms with Crippen molar-refractivity contribution in [2.45, 2.75) is 181 Å². The zero-order valence-corrected chi connectivity index (χ0v) is 43.7. The maximum atomic E-state index is 14.2. The fraction of sp³-hybridized carbons (Fsp3) is 0.696. The van der Waals surface area contributed by atoms with E-state index < -0.39 is 94.6 Å². The topological polar surface area (TPSA) is 307 Å². The number of carbonyl (C=O) groups is 7. The molecule has 0 aliphatic rings. The molecular weight excluding hydrogens is 925 g/mol. The number of ether oxygens (including phenoxy) is 4. The number of nitrogens with two attached hydrogens (primary N) is 3. The Morgan fingerprint density at radius 2 is 1.18 bits per heavy atom. The smallest absolute Gasteiger partial charge is 0.407 e. The summed E-state index contributed by atoms with van der Waals surface area (Å²) in [5.74, 6) is -4.01. The van der Waals surface area contributed by atoms with Crippen molar-refractivity contribution in [3.63, 3.8) is 0 Å². The monoisotopic (exact) mass is 1010 g/mol. The number of nitrogens with zero attached hydrogens (tertiary/aromatic N) is 1. The van der Waals surface area contributed by atoms with Crippen LogP contribution in [0, 0.1) is 5.92 Å². The first-order valence-corrected chi connectivity index (χ1v) is 22.6. The molecule has 1 aromatic rings. The largest absolute Gasteiger partial charge is 0.488 e. The summed E-state index contributed by atoms with van der Waals surface area (Å²) in [4.78, 5) is 97.3. The van der Waals surface area contributed by atoms with Gasteiger partial charge in [-0.25, -0.2) is 9.59 Å². The minimum Gasteiger partial charge on any atom is -0.488 e. The highest BCUT2D eigenvalue weighted by atomic mass is 35.5. The molecule has 0 saturated heterocycles. The summed E-state index contributed by atoms with van der Waals surface area (Å²) in [5, 5.41) is 13.5. The Hall–Kier alpha value is -5.08. The Morgan fingerprint density at radius 1 is 0.647 bits per heavy atom. The summed E-state index contributed by atoms with van der Waals surface area (Å²) in [7, 11) is 1.20. The van der Waals surface area contributed by atoms with Gasteiger partial charge in [0.2, 0.25) is 23.6 Å². The first-order chi connectivity index (χ1) is 30.5. The molecule has 0 bridgehead atoms. The second-order valence-electron chi connectivity index (χ2n) is 19.5. The summed E-state index contributed by atoms with van der Waals surface area (Å²) in [6.07, 6.45) is 0.812. The number of rotatable bonds is 26. The van der Waals surface area contributed by atoms with Crippen molar-refractivity contribution in [2.75, 3.05) is 20.2 Å². The standard InChI is InChI=1S/C46H79N9O11.2ClH/c1-28(2)36(40(60)54-34(41(61)63-12)27-29-21-23-30(24-22-29)64-44(3,4)5)55-39(59)33(19-15-20-35(56)65-45(6,7)8)53-38(58)32(18-13-14-25-51-43(62)66-46(9,10)11)52-37(57)31(47)17-16-26-50-42(48)49;;/h21-24,28,31-34,36H,13-20,25-27,47H2,1-12H3,(H,51,62)(H,52,57)(H,53,58)(H,54,60)(H,55,59)(H4,48,49,50);2*1H/t31-,32-,33+,34-,36-;;/m0../s1. The third-order valence-corrected chi connectivity index (χ3v) is 9.29. The van der Waals surface area contributed by atoms with Gasteiger partial charge in [0, 0.05) is 25.9 Å². The molecule has 1 aromatic carbocycles. The Bertz CT molecular complexity index is 1780. The third-order valence-electron chi connectivity index (χ3n) is 9.29. The lowest BCUT2D eigenvalue weighted by Crippen LogP contribution is -2.59. The molecule has 11 N–H and O–H groups in total. The van der Waals surface area contributed by atoms with Gasteiger partial charge in [-0.15, -0.1) is 24.8 Å². The van der Waals surface area contributed by atoms with Gasteiger partial charge in [0.1, 0.15) is 46.7 Å². The van der Waals surface area contributed by atoms with E-state index in [4.69, 9.17) is 36.1 Å². The van der Waals surface area contributed by atoms with Gasteiger partial charge in [0.05, 0.1) is 13.2 Å². The molecular formula is C46H81Cl2N9O11. The molecule has 1 rings (SSSR count). The van der Waals surface area contributed by atoms with Crippen LogP contribution in [0.2, 0.25) is 0 Å². The van der Waals surface area contributed by atoms with Crippen LogP contribution in [0.4, 0.5) is 4.79 Å². The van der Waals surface area contributed by atoms with Crippen LogP contribution >= 0.6 is 24.8 Å². The van der Waals surface area contributed by atoms with E-state index in [0.717, 1.165) is 0 Å². The number of hydrogen-bond acceptors (Lipinski definition) is 13. The van der Waals surface area contributed by atoms with Crippen LogP contribution in [0.5, 0.6) is 5.75 Å². The third kappa shape index (κ3) is 29.0. The SMILES string of the molecule is COC(=O)[C@H](Cc1ccc(OC(C)(C)C)cc1)NC(=O)[C@@H](NC(=O)[C@@H](CCCC(=O)OC(C)(C)C)NC(=O)[C@H](CCCCNC(=O)OC(C)(C)C)NC(=O)[C@@H](N)CCCN=C(N)N)C(C)C.Cl.Cl. The minimum atomic E-state index is -1.30. The van der Waals surface area contributed by atoms with E-state index in [2.05, 4.69) is 31.6 Å². The van der Waals surface area contributed by atoms with Crippen LogP contribution in [0.15, 0.2) is 29.3 Å². The fourth-order valence-electron chi connectivity index (χ4n) is 6.23. The number of alkyl carbamates (subject to hydrolysis) is 1. The number of nitrogens with one attached hydrogen (secondary N) is 5. The number of halogens is 2. The van der Waals surface area contributed by atoms with Crippen molar-refractivity contribution in [1.29, 1.82) is 0 Å². The lowest BCUT2D eigenvalue weighted by atomic mass is 10.00. The van der Waals surface area contributed by atoms with E-state index in [-0.39, 0.29) is 82.4 Å². The van der Waals surface area contributed by atoms with E-state index in [0.29, 0.717) is 30.6 Å². The molecule has 20 nitrogen and oxygen atoms in total. The Labute approximate surface area is 415 Å². The second-order valence-corrected chi connectivity index (χ2v) is 19.5. The van der Waals surface area contributed by atoms with Gasteiger partial charge < -0.3 is 62.7 Å². The normalized spacial score (nSPS) is 13.6. The van der Waals surface area contributed by atoms with Crippen molar-refractivity contribution < 1.29 is 52.5 Å². The Kier molecular flexibility index (Phi) is 29.8. The average Bonchev–Trinajstić information content (AvgIpc) is 3.18. The zero-order chi connectivity index (χ0) is 50.4. The molecule has 68 heavy (non-hydrogen) atoms. The van der Waals surface area contributed by atoms with Crippen LogP contribution in [0.25, 0.3) is 0 Å². The van der Waals surface area contributed by atoms with Crippen molar-refractivity contribution in [1.82, 2.24) is 26.6 Å². The molecule has 0 saturated carbocycles. The molecule has 0 aliphatic heterocycles. The van der Waals surface area contributed by atoms with Crippen molar-refractivity contribution in [3.8, 4) is 5.75 Å². The van der Waals surface area contributed by atoms with E-state index >= 15 is 0 Å².